The van der Waals surface area contributed by atoms with Gasteiger partial charge in [0.05, 0.1) is 11.3 Å². The molecule has 0 bridgehead atoms. The number of nitrogens with zero attached hydrogens (tertiary/aromatic N) is 2. The van der Waals surface area contributed by atoms with E-state index in [1.165, 1.54) is 18.2 Å². The van der Waals surface area contributed by atoms with Crippen LogP contribution < -0.4 is 5.32 Å². The summed E-state index contributed by atoms with van der Waals surface area (Å²) in [6.07, 6.45) is 3.30. The maximum absolute atomic E-state index is 13.8. The number of amides is 2. The highest BCUT2D eigenvalue weighted by atomic mass is 19.1. The lowest BCUT2D eigenvalue weighted by molar-refractivity contribution is -0.116. The first-order valence-electron chi connectivity index (χ1n) is 10.7. The predicted molar refractivity (Wildman–Crippen MR) is 123 cm³/mol. The highest BCUT2D eigenvalue weighted by Gasteiger charge is 2.37. The Labute approximate surface area is 186 Å². The number of aryl methyl sites for hydroxylation is 1. The second kappa shape index (κ2) is 7.89. The first-order chi connectivity index (χ1) is 15.1. The first-order valence-corrected chi connectivity index (χ1v) is 10.7. The molecule has 0 saturated carbocycles. The van der Waals surface area contributed by atoms with Gasteiger partial charge in [0.25, 0.3) is 11.8 Å². The van der Waals surface area contributed by atoms with Crippen LogP contribution >= 0.6 is 0 Å². The van der Waals surface area contributed by atoms with Crippen LogP contribution in [0.3, 0.4) is 0 Å². The summed E-state index contributed by atoms with van der Waals surface area (Å²) >= 11 is 0. The smallest absolute Gasteiger partial charge is 0.257 e. The predicted octanol–water partition coefficient (Wildman–Crippen LogP) is 4.31. The fourth-order valence-corrected chi connectivity index (χ4v) is 4.28. The molecule has 0 aliphatic carbocycles. The van der Waals surface area contributed by atoms with Crippen LogP contribution in [0.15, 0.2) is 42.7 Å². The molecule has 1 aromatic carbocycles. The molecule has 1 aliphatic rings. The van der Waals surface area contributed by atoms with Gasteiger partial charge in [-0.2, -0.15) is 0 Å². The lowest BCUT2D eigenvalue weighted by Crippen LogP contribution is -2.37. The Balaban J connectivity index is 1.89. The molecule has 0 unspecified atom stereocenters. The minimum absolute atomic E-state index is 0.0745. The van der Waals surface area contributed by atoms with Gasteiger partial charge in [-0.25, -0.2) is 9.37 Å². The number of benzene rings is 1. The van der Waals surface area contributed by atoms with Gasteiger partial charge in [-0.1, -0.05) is 13.8 Å². The van der Waals surface area contributed by atoms with Crippen molar-refractivity contribution < 1.29 is 14.0 Å². The minimum Gasteiger partial charge on any atom is -0.350 e. The average molecular weight is 435 g/mol. The lowest BCUT2D eigenvalue weighted by Gasteiger charge is -2.29. The van der Waals surface area contributed by atoms with Crippen molar-refractivity contribution in [3.63, 3.8) is 0 Å². The van der Waals surface area contributed by atoms with Gasteiger partial charge >= 0.3 is 0 Å². The van der Waals surface area contributed by atoms with E-state index in [1.54, 1.807) is 24.2 Å². The summed E-state index contributed by atoms with van der Waals surface area (Å²) in [6.45, 7) is 9.82. The van der Waals surface area contributed by atoms with Crippen molar-refractivity contribution in [2.75, 3.05) is 6.54 Å². The van der Waals surface area contributed by atoms with E-state index in [0.717, 1.165) is 10.9 Å². The zero-order chi connectivity index (χ0) is 23.2. The summed E-state index contributed by atoms with van der Waals surface area (Å²) in [4.78, 5) is 35.9. The molecule has 0 radical (unpaired) electrons. The van der Waals surface area contributed by atoms with Gasteiger partial charge in [-0.3, -0.25) is 9.59 Å². The first kappa shape index (κ1) is 21.7. The normalized spacial score (nSPS) is 15.3. The Morgan fingerprint density at radius 2 is 2.00 bits per heavy atom. The molecule has 32 heavy (non-hydrogen) atoms. The Kier molecular flexibility index (Phi) is 5.36. The molecule has 6 nitrogen and oxygen atoms in total. The van der Waals surface area contributed by atoms with Gasteiger partial charge in [-0.15, -0.1) is 0 Å². The van der Waals surface area contributed by atoms with Crippen molar-refractivity contribution in [1.82, 2.24) is 20.2 Å². The van der Waals surface area contributed by atoms with E-state index < -0.39 is 5.41 Å². The molecular formula is C25H27FN4O2. The van der Waals surface area contributed by atoms with Crippen LogP contribution in [-0.2, 0) is 10.2 Å². The number of carbonyl (C=O) groups is 2. The summed E-state index contributed by atoms with van der Waals surface area (Å²) in [5.74, 6) is -0.929. The molecular weight excluding hydrogens is 407 g/mol. The number of aromatic nitrogens is 2. The number of H-pyrrole nitrogens is 1. The van der Waals surface area contributed by atoms with Crippen LogP contribution in [0.1, 0.15) is 54.9 Å². The van der Waals surface area contributed by atoms with E-state index in [2.05, 4.69) is 15.3 Å². The molecule has 0 spiro atoms. The van der Waals surface area contributed by atoms with Crippen LogP contribution in [0.2, 0.25) is 0 Å². The van der Waals surface area contributed by atoms with Gasteiger partial charge < -0.3 is 15.2 Å². The van der Waals surface area contributed by atoms with Gasteiger partial charge in [0.2, 0.25) is 0 Å². The van der Waals surface area contributed by atoms with Crippen LogP contribution in [0.25, 0.3) is 16.6 Å². The van der Waals surface area contributed by atoms with E-state index in [4.69, 9.17) is 0 Å². The zero-order valence-electron chi connectivity index (χ0n) is 18.9. The molecule has 0 atom stereocenters. The van der Waals surface area contributed by atoms with Gasteiger partial charge in [0, 0.05) is 41.3 Å². The second-order valence-corrected chi connectivity index (χ2v) is 9.23. The highest BCUT2D eigenvalue weighted by Crippen LogP contribution is 2.39. The monoisotopic (exact) mass is 434 g/mol. The summed E-state index contributed by atoms with van der Waals surface area (Å²) in [6, 6.07) is 8.06. The molecule has 2 aromatic heterocycles. The van der Waals surface area contributed by atoms with E-state index >= 15 is 0 Å². The fraction of sp³-hybridized carbons (Fsp3) is 0.320. The van der Waals surface area contributed by atoms with Gasteiger partial charge in [-0.05, 0) is 62.2 Å². The molecule has 3 heterocycles. The molecule has 1 aliphatic heterocycles. The van der Waals surface area contributed by atoms with Crippen molar-refractivity contribution in [2.45, 2.75) is 46.1 Å². The van der Waals surface area contributed by atoms with Crippen molar-refractivity contribution in [3.8, 4) is 0 Å². The quantitative estimate of drug-likeness (QED) is 0.645. The topological polar surface area (TPSA) is 78.1 Å². The molecule has 2 amide bonds. The van der Waals surface area contributed by atoms with E-state index in [0.29, 0.717) is 34.6 Å². The third-order valence-corrected chi connectivity index (χ3v) is 5.70. The minimum atomic E-state index is -0.488. The Hall–Kier alpha value is -3.48. The van der Waals surface area contributed by atoms with E-state index in [1.807, 2.05) is 39.8 Å². The number of hydrogen-bond acceptors (Lipinski definition) is 3. The maximum atomic E-state index is 13.8. The van der Waals surface area contributed by atoms with Crippen molar-refractivity contribution in [2.24, 2.45) is 0 Å². The molecule has 2 N–H and O–H groups in total. The summed E-state index contributed by atoms with van der Waals surface area (Å²) in [7, 11) is 0. The van der Waals surface area contributed by atoms with Crippen LogP contribution in [0, 0.1) is 12.7 Å². The molecule has 4 rings (SSSR count). The van der Waals surface area contributed by atoms with Crippen molar-refractivity contribution in [3.05, 3.63) is 70.9 Å². The van der Waals surface area contributed by atoms with Crippen LogP contribution in [-0.4, -0.2) is 39.3 Å². The molecule has 166 valence electrons. The second-order valence-electron chi connectivity index (χ2n) is 9.23. The summed E-state index contributed by atoms with van der Waals surface area (Å²) < 4.78 is 13.8. The number of hydrogen-bond donors (Lipinski definition) is 2. The van der Waals surface area contributed by atoms with Crippen molar-refractivity contribution >= 4 is 28.4 Å². The Morgan fingerprint density at radius 1 is 1.25 bits per heavy atom. The largest absolute Gasteiger partial charge is 0.350 e. The number of nitrogens with one attached hydrogen (secondary N) is 2. The van der Waals surface area contributed by atoms with Crippen LogP contribution in [0.4, 0.5) is 4.39 Å². The summed E-state index contributed by atoms with van der Waals surface area (Å²) in [5.41, 5.74) is 2.94. The third-order valence-electron chi connectivity index (χ3n) is 5.70. The van der Waals surface area contributed by atoms with Gasteiger partial charge in [0.1, 0.15) is 11.5 Å². The fourth-order valence-electron chi connectivity index (χ4n) is 4.28. The maximum Gasteiger partial charge on any atom is 0.257 e. The molecule has 0 saturated heterocycles. The standard InChI is InChI=1S/C25H27FN4O2/c1-14(2)28-23(31)18-12-30(24(32)16-8-9-19(26)15(3)11-16)13-25(4,5)20-17-7-6-10-27-22(17)29-21(18)20/h6-12,14H,13H2,1-5H3,(H,27,29)(H,28,31). The zero-order valence-corrected chi connectivity index (χ0v) is 18.9. The molecule has 3 aromatic rings. The average Bonchev–Trinajstić information content (AvgIpc) is 3.06. The lowest BCUT2D eigenvalue weighted by atomic mass is 9.82. The number of carbonyl (C=O) groups excluding carboxylic acids is 2. The van der Waals surface area contributed by atoms with Gasteiger partial charge in [0.15, 0.2) is 0 Å². The number of aromatic amines is 1. The summed E-state index contributed by atoms with van der Waals surface area (Å²) in [5, 5.41) is 3.85. The van der Waals surface area contributed by atoms with E-state index in [-0.39, 0.29) is 23.7 Å². The number of rotatable bonds is 3. The molecule has 7 heteroatoms. The number of halogens is 1. The SMILES string of the molecule is Cc1cc(C(=O)N2C=C(C(=O)NC(C)C)c3[nH]c4ncccc4c3C(C)(C)C2)ccc1F. The van der Waals surface area contributed by atoms with Crippen LogP contribution in [0.5, 0.6) is 0 Å². The Morgan fingerprint density at radius 3 is 2.69 bits per heavy atom. The Bertz CT molecular complexity index is 1260. The van der Waals surface area contributed by atoms with E-state index in [9.17, 15) is 14.0 Å². The third kappa shape index (κ3) is 3.79. The number of fused-ring (bicyclic) bond motifs is 3. The highest BCUT2D eigenvalue weighted by molar-refractivity contribution is 6.21. The molecule has 0 fully saturated rings. The number of pyridine rings is 1. The van der Waals surface area contributed by atoms with Crippen molar-refractivity contribution in [1.29, 1.82) is 0 Å².